The number of carbonyl (C=O) groups is 1. The molecule has 0 saturated carbocycles. The second-order valence-corrected chi connectivity index (χ2v) is 4.89. The number of esters is 1. The number of carbonyl (C=O) groups excluding carboxylic acids is 1. The Morgan fingerprint density at radius 2 is 1.65 bits per heavy atom. The Balaban J connectivity index is 0. The van der Waals surface area contributed by atoms with Gasteiger partial charge >= 0.3 is 5.97 Å². The van der Waals surface area contributed by atoms with Crippen molar-refractivity contribution in [3.63, 3.8) is 0 Å². The molecule has 17 heavy (non-hydrogen) atoms. The van der Waals surface area contributed by atoms with Gasteiger partial charge in [-0.15, -0.1) is 0 Å². The van der Waals surface area contributed by atoms with E-state index in [2.05, 4.69) is 34.3 Å². The van der Waals surface area contributed by atoms with Crippen molar-refractivity contribution in [2.24, 2.45) is 5.92 Å². The predicted molar refractivity (Wildman–Crippen MR) is 75.0 cm³/mol. The van der Waals surface area contributed by atoms with E-state index >= 15 is 0 Å². The minimum atomic E-state index is -0.237. The highest BCUT2D eigenvalue weighted by Crippen LogP contribution is 2.03. The third kappa shape index (κ3) is 17.8. The van der Waals surface area contributed by atoms with Gasteiger partial charge in [0.15, 0.2) is 0 Å². The summed E-state index contributed by atoms with van der Waals surface area (Å²) in [5.41, 5.74) is 0.565. The standard InChI is InChI=1S/C11H20O2.C4H10/c1-4-6-7-8-9-13-11(12)10(3)5-2;1-4(2)3/h3-9H2,1-2H3;4H,1-3H3. The van der Waals surface area contributed by atoms with Crippen LogP contribution in [0.25, 0.3) is 0 Å². The highest BCUT2D eigenvalue weighted by Gasteiger charge is 2.04. The van der Waals surface area contributed by atoms with Crippen LogP contribution in [0.1, 0.15) is 66.7 Å². The lowest BCUT2D eigenvalue weighted by Gasteiger charge is -2.04. The van der Waals surface area contributed by atoms with Gasteiger partial charge < -0.3 is 4.74 Å². The molecule has 0 saturated heterocycles. The highest BCUT2D eigenvalue weighted by molar-refractivity contribution is 5.87. The van der Waals surface area contributed by atoms with Crippen molar-refractivity contribution in [2.45, 2.75) is 66.7 Å². The summed E-state index contributed by atoms with van der Waals surface area (Å²) < 4.78 is 5.00. The van der Waals surface area contributed by atoms with Crippen molar-refractivity contribution < 1.29 is 9.53 Å². The van der Waals surface area contributed by atoms with Crippen molar-refractivity contribution in [3.8, 4) is 0 Å². The Labute approximate surface area is 107 Å². The van der Waals surface area contributed by atoms with Crippen LogP contribution in [0, 0.1) is 5.92 Å². The van der Waals surface area contributed by atoms with Crippen LogP contribution in [0.5, 0.6) is 0 Å². The van der Waals surface area contributed by atoms with E-state index < -0.39 is 0 Å². The fourth-order valence-corrected chi connectivity index (χ4v) is 0.940. The summed E-state index contributed by atoms with van der Waals surface area (Å²) in [6, 6.07) is 0. The van der Waals surface area contributed by atoms with Gasteiger partial charge in [-0.05, 0) is 18.8 Å². The summed E-state index contributed by atoms with van der Waals surface area (Å²) in [5, 5.41) is 0. The predicted octanol–water partition coefficient (Wildman–Crippen LogP) is 4.74. The Hall–Kier alpha value is -0.790. The molecule has 2 heteroatoms. The van der Waals surface area contributed by atoms with E-state index in [4.69, 9.17) is 4.74 Å². The molecule has 0 aliphatic carbocycles. The summed E-state index contributed by atoms with van der Waals surface area (Å²) in [6.45, 7) is 14.7. The van der Waals surface area contributed by atoms with Crippen LogP contribution in [0.4, 0.5) is 0 Å². The van der Waals surface area contributed by atoms with Crippen molar-refractivity contribution >= 4 is 5.97 Å². The topological polar surface area (TPSA) is 26.3 Å². The van der Waals surface area contributed by atoms with Crippen LogP contribution < -0.4 is 0 Å². The lowest BCUT2D eigenvalue weighted by atomic mass is 10.2. The van der Waals surface area contributed by atoms with Crippen LogP contribution in [0.15, 0.2) is 12.2 Å². The average molecular weight is 242 g/mol. The third-order valence-corrected chi connectivity index (χ3v) is 1.95. The average Bonchev–Trinajstić information content (AvgIpc) is 2.26. The van der Waals surface area contributed by atoms with Gasteiger partial charge in [-0.3, -0.25) is 0 Å². The van der Waals surface area contributed by atoms with Crippen molar-refractivity contribution in [1.29, 1.82) is 0 Å². The minimum absolute atomic E-state index is 0.237. The molecule has 0 aliphatic heterocycles. The molecule has 0 aliphatic rings. The maximum absolute atomic E-state index is 11.1. The van der Waals surface area contributed by atoms with Crippen molar-refractivity contribution in [1.82, 2.24) is 0 Å². The second kappa shape index (κ2) is 13.3. The molecule has 0 unspecified atom stereocenters. The van der Waals surface area contributed by atoms with Crippen molar-refractivity contribution in [3.05, 3.63) is 12.2 Å². The zero-order valence-corrected chi connectivity index (χ0v) is 12.3. The number of hydrogen-bond donors (Lipinski definition) is 0. The molecule has 0 spiro atoms. The first-order chi connectivity index (χ1) is 7.95. The van der Waals surface area contributed by atoms with Crippen LogP contribution in [0.3, 0.4) is 0 Å². The summed E-state index contributed by atoms with van der Waals surface area (Å²) in [4.78, 5) is 11.1. The SMILES string of the molecule is C=C(CC)C(=O)OCCCCCC.CC(C)C. The van der Waals surface area contributed by atoms with Crippen LogP contribution in [0.2, 0.25) is 0 Å². The maximum atomic E-state index is 11.1. The number of ether oxygens (including phenoxy) is 1. The Kier molecular flexibility index (Phi) is 14.5. The molecule has 0 atom stereocenters. The minimum Gasteiger partial charge on any atom is -0.462 e. The lowest BCUT2D eigenvalue weighted by Crippen LogP contribution is -2.07. The summed E-state index contributed by atoms with van der Waals surface area (Å²) in [5.74, 6) is 0.596. The maximum Gasteiger partial charge on any atom is 0.333 e. The third-order valence-electron chi connectivity index (χ3n) is 1.95. The molecular formula is C15H30O2. The molecule has 0 amide bonds. The van der Waals surface area contributed by atoms with Gasteiger partial charge in [-0.25, -0.2) is 4.79 Å². The molecular weight excluding hydrogens is 212 g/mol. The summed E-state index contributed by atoms with van der Waals surface area (Å²) >= 11 is 0. The first kappa shape index (κ1) is 18.6. The summed E-state index contributed by atoms with van der Waals surface area (Å²) in [6.07, 6.45) is 5.20. The molecule has 0 heterocycles. The monoisotopic (exact) mass is 242 g/mol. The Bertz CT molecular complexity index is 192. The molecule has 0 aromatic rings. The first-order valence-corrected chi connectivity index (χ1v) is 6.80. The number of unbranched alkanes of at least 4 members (excludes halogenated alkanes) is 3. The second-order valence-electron chi connectivity index (χ2n) is 4.89. The van der Waals surface area contributed by atoms with Crippen LogP contribution in [-0.4, -0.2) is 12.6 Å². The van der Waals surface area contributed by atoms with Gasteiger partial charge in [0, 0.05) is 5.57 Å². The first-order valence-electron chi connectivity index (χ1n) is 6.80. The van der Waals surface area contributed by atoms with E-state index in [9.17, 15) is 4.79 Å². The molecule has 0 aromatic carbocycles. The zero-order chi connectivity index (χ0) is 13.7. The quantitative estimate of drug-likeness (QED) is 0.366. The van der Waals surface area contributed by atoms with Crippen molar-refractivity contribution in [2.75, 3.05) is 6.61 Å². The number of hydrogen-bond acceptors (Lipinski definition) is 2. The normalized spacial score (nSPS) is 9.53. The summed E-state index contributed by atoms with van der Waals surface area (Å²) in [7, 11) is 0. The molecule has 0 bridgehead atoms. The fourth-order valence-electron chi connectivity index (χ4n) is 0.940. The van der Waals surface area contributed by atoms with E-state index in [0.717, 1.165) is 18.8 Å². The smallest absolute Gasteiger partial charge is 0.333 e. The van der Waals surface area contributed by atoms with Gasteiger partial charge in [0.05, 0.1) is 6.61 Å². The van der Waals surface area contributed by atoms with Gasteiger partial charge in [-0.1, -0.05) is 60.5 Å². The van der Waals surface area contributed by atoms with E-state index in [0.29, 0.717) is 18.6 Å². The molecule has 2 nitrogen and oxygen atoms in total. The highest BCUT2D eigenvalue weighted by atomic mass is 16.5. The van der Waals surface area contributed by atoms with Crippen LogP contribution in [-0.2, 0) is 9.53 Å². The zero-order valence-electron chi connectivity index (χ0n) is 12.3. The molecule has 0 aromatic heterocycles. The van der Waals surface area contributed by atoms with E-state index in [1.807, 2.05) is 6.92 Å². The fraction of sp³-hybridized carbons (Fsp3) is 0.800. The van der Waals surface area contributed by atoms with E-state index in [1.54, 1.807) is 0 Å². The molecule has 0 rings (SSSR count). The Morgan fingerprint density at radius 3 is 2.06 bits per heavy atom. The van der Waals surface area contributed by atoms with Crippen LogP contribution >= 0.6 is 0 Å². The molecule has 102 valence electrons. The van der Waals surface area contributed by atoms with Gasteiger partial charge in [-0.2, -0.15) is 0 Å². The lowest BCUT2D eigenvalue weighted by molar-refractivity contribution is -0.139. The van der Waals surface area contributed by atoms with Gasteiger partial charge in [0.25, 0.3) is 0 Å². The number of rotatable bonds is 7. The van der Waals surface area contributed by atoms with Gasteiger partial charge in [0.2, 0.25) is 0 Å². The molecule has 0 fully saturated rings. The molecule has 0 N–H and O–H groups in total. The van der Waals surface area contributed by atoms with Gasteiger partial charge in [0.1, 0.15) is 0 Å². The van der Waals surface area contributed by atoms with E-state index in [-0.39, 0.29) is 5.97 Å². The van der Waals surface area contributed by atoms with E-state index in [1.165, 1.54) is 12.8 Å². The largest absolute Gasteiger partial charge is 0.462 e. The Morgan fingerprint density at radius 1 is 1.12 bits per heavy atom. The molecule has 0 radical (unpaired) electrons.